The molecule has 0 radical (unpaired) electrons. The Balaban J connectivity index is 1.67. The van der Waals surface area contributed by atoms with Crippen LogP contribution in [0.25, 0.3) is 0 Å². The number of carbonyl (C=O) groups excluding carboxylic acids is 1. The lowest BCUT2D eigenvalue weighted by atomic mass is 9.97. The third-order valence-corrected chi connectivity index (χ3v) is 4.30. The summed E-state index contributed by atoms with van der Waals surface area (Å²) in [6, 6.07) is 13.7. The number of nitrogens with one attached hydrogen (secondary N) is 3. The Morgan fingerprint density at radius 1 is 1.12 bits per heavy atom. The van der Waals surface area contributed by atoms with Crippen molar-refractivity contribution in [2.24, 2.45) is 5.73 Å². The van der Waals surface area contributed by atoms with Crippen molar-refractivity contribution in [2.45, 2.75) is 11.8 Å². The molecule has 0 aromatic heterocycles. The van der Waals surface area contributed by atoms with Crippen molar-refractivity contribution in [1.29, 1.82) is 0 Å². The van der Waals surface area contributed by atoms with Crippen LogP contribution in [0.2, 0.25) is 0 Å². The molecule has 6 heteroatoms. The molecular formula is C18H21FN4O. The summed E-state index contributed by atoms with van der Waals surface area (Å²) < 4.78 is 13.0. The van der Waals surface area contributed by atoms with Gasteiger partial charge >= 0.3 is 0 Å². The van der Waals surface area contributed by atoms with E-state index in [0.29, 0.717) is 11.5 Å². The number of hydrazine groups is 1. The van der Waals surface area contributed by atoms with Gasteiger partial charge in [0.15, 0.2) is 0 Å². The van der Waals surface area contributed by atoms with Gasteiger partial charge in [-0.3, -0.25) is 15.6 Å². The molecular weight excluding hydrogens is 307 g/mol. The second-order valence-electron chi connectivity index (χ2n) is 5.91. The summed E-state index contributed by atoms with van der Waals surface area (Å²) in [7, 11) is 0. The number of hydrogen-bond donors (Lipinski definition) is 4. The highest BCUT2D eigenvalue weighted by Crippen LogP contribution is 2.21. The first kappa shape index (κ1) is 16.6. The maximum absolute atomic E-state index is 13.0. The van der Waals surface area contributed by atoms with Gasteiger partial charge in [0.1, 0.15) is 5.82 Å². The highest BCUT2D eigenvalue weighted by atomic mass is 19.1. The van der Waals surface area contributed by atoms with Gasteiger partial charge in [0, 0.05) is 31.2 Å². The van der Waals surface area contributed by atoms with Crippen molar-refractivity contribution < 1.29 is 9.18 Å². The van der Waals surface area contributed by atoms with Gasteiger partial charge in [0.25, 0.3) is 0 Å². The second-order valence-corrected chi connectivity index (χ2v) is 5.91. The fourth-order valence-electron chi connectivity index (χ4n) is 2.86. The molecule has 5 nitrogen and oxygen atoms in total. The summed E-state index contributed by atoms with van der Waals surface area (Å²) in [4.78, 5) is 12.5. The SMILES string of the molecule is NCC(C(=O)Nc1ccc(C2CNNC2)cc1)c1ccc(F)cc1. The molecule has 1 atom stereocenters. The fourth-order valence-corrected chi connectivity index (χ4v) is 2.86. The Hall–Kier alpha value is -2.28. The van der Waals surface area contributed by atoms with Gasteiger partial charge < -0.3 is 11.1 Å². The number of benzene rings is 2. The van der Waals surface area contributed by atoms with E-state index in [1.165, 1.54) is 17.7 Å². The van der Waals surface area contributed by atoms with Crippen LogP contribution >= 0.6 is 0 Å². The van der Waals surface area contributed by atoms with Gasteiger partial charge in [-0.1, -0.05) is 24.3 Å². The first-order chi connectivity index (χ1) is 11.7. The van der Waals surface area contributed by atoms with Gasteiger partial charge in [-0.05, 0) is 35.4 Å². The number of nitrogens with two attached hydrogens (primary N) is 1. The molecule has 1 unspecified atom stereocenters. The zero-order chi connectivity index (χ0) is 16.9. The van der Waals surface area contributed by atoms with Crippen LogP contribution in [-0.2, 0) is 4.79 Å². The minimum Gasteiger partial charge on any atom is -0.329 e. The molecule has 0 saturated carbocycles. The van der Waals surface area contributed by atoms with Crippen LogP contribution in [-0.4, -0.2) is 25.5 Å². The number of carbonyl (C=O) groups is 1. The summed E-state index contributed by atoms with van der Waals surface area (Å²) in [6.07, 6.45) is 0. The van der Waals surface area contributed by atoms with Crippen LogP contribution < -0.4 is 21.9 Å². The van der Waals surface area contributed by atoms with Gasteiger partial charge in [-0.2, -0.15) is 0 Å². The number of rotatable bonds is 5. The standard InChI is InChI=1S/C18H21FN4O/c19-15-5-1-13(2-6-15)17(9-20)18(24)23-16-7-3-12(4-8-16)14-10-21-22-11-14/h1-8,14,17,21-22H,9-11,20H2,(H,23,24). The zero-order valence-electron chi connectivity index (χ0n) is 13.3. The maximum atomic E-state index is 13.0. The topological polar surface area (TPSA) is 79.2 Å². The maximum Gasteiger partial charge on any atom is 0.233 e. The molecule has 2 aromatic rings. The predicted octanol–water partition coefficient (Wildman–Crippen LogP) is 1.70. The van der Waals surface area contributed by atoms with Crippen molar-refractivity contribution in [3.05, 3.63) is 65.5 Å². The number of amides is 1. The minimum atomic E-state index is -0.506. The van der Waals surface area contributed by atoms with E-state index in [4.69, 9.17) is 5.73 Å². The Morgan fingerprint density at radius 2 is 1.75 bits per heavy atom. The van der Waals surface area contributed by atoms with E-state index in [2.05, 4.69) is 16.2 Å². The molecule has 0 aliphatic carbocycles. The van der Waals surface area contributed by atoms with Gasteiger partial charge in [0.05, 0.1) is 5.92 Å². The molecule has 5 N–H and O–H groups in total. The summed E-state index contributed by atoms with van der Waals surface area (Å²) in [6.45, 7) is 1.95. The Morgan fingerprint density at radius 3 is 2.33 bits per heavy atom. The zero-order valence-corrected chi connectivity index (χ0v) is 13.3. The van der Waals surface area contributed by atoms with E-state index in [-0.39, 0.29) is 18.3 Å². The number of hydrogen-bond acceptors (Lipinski definition) is 4. The summed E-state index contributed by atoms with van der Waals surface area (Å²) >= 11 is 0. The minimum absolute atomic E-state index is 0.162. The number of halogens is 1. The molecule has 1 aliphatic rings. The Labute approximate surface area is 140 Å². The Kier molecular flexibility index (Phi) is 5.20. The lowest BCUT2D eigenvalue weighted by Crippen LogP contribution is -2.27. The monoisotopic (exact) mass is 328 g/mol. The lowest BCUT2D eigenvalue weighted by molar-refractivity contribution is -0.117. The highest BCUT2D eigenvalue weighted by Gasteiger charge is 2.20. The molecule has 1 amide bonds. The fraction of sp³-hybridized carbons (Fsp3) is 0.278. The summed E-state index contributed by atoms with van der Waals surface area (Å²) in [5, 5.41) is 2.88. The van der Waals surface area contributed by atoms with E-state index in [1.54, 1.807) is 12.1 Å². The van der Waals surface area contributed by atoms with Crippen LogP contribution in [0, 0.1) is 5.82 Å². The summed E-state index contributed by atoms with van der Waals surface area (Å²) in [5.41, 5.74) is 14.6. The van der Waals surface area contributed by atoms with Crippen LogP contribution in [0.5, 0.6) is 0 Å². The number of anilines is 1. The largest absolute Gasteiger partial charge is 0.329 e. The molecule has 1 heterocycles. The first-order valence-corrected chi connectivity index (χ1v) is 7.99. The van der Waals surface area contributed by atoms with E-state index >= 15 is 0 Å². The van der Waals surface area contributed by atoms with Gasteiger partial charge in [-0.15, -0.1) is 0 Å². The van der Waals surface area contributed by atoms with Crippen molar-refractivity contribution in [2.75, 3.05) is 25.0 Å². The second kappa shape index (κ2) is 7.53. The average Bonchev–Trinajstić information content (AvgIpc) is 3.12. The van der Waals surface area contributed by atoms with Gasteiger partial charge in [-0.25, -0.2) is 4.39 Å². The molecule has 1 saturated heterocycles. The molecule has 126 valence electrons. The van der Waals surface area contributed by atoms with Crippen LogP contribution in [0.4, 0.5) is 10.1 Å². The predicted molar refractivity (Wildman–Crippen MR) is 92.0 cm³/mol. The molecule has 1 aliphatic heterocycles. The van der Waals surface area contributed by atoms with Crippen LogP contribution in [0.15, 0.2) is 48.5 Å². The van der Waals surface area contributed by atoms with Crippen molar-refractivity contribution in [3.8, 4) is 0 Å². The Bertz CT molecular complexity index is 681. The lowest BCUT2D eigenvalue weighted by Gasteiger charge is -2.16. The first-order valence-electron chi connectivity index (χ1n) is 7.99. The van der Waals surface area contributed by atoms with E-state index < -0.39 is 5.92 Å². The quantitative estimate of drug-likeness (QED) is 0.674. The van der Waals surface area contributed by atoms with Crippen LogP contribution in [0.1, 0.15) is 23.0 Å². The van der Waals surface area contributed by atoms with Crippen molar-refractivity contribution in [3.63, 3.8) is 0 Å². The van der Waals surface area contributed by atoms with E-state index in [0.717, 1.165) is 18.8 Å². The van der Waals surface area contributed by atoms with Crippen molar-refractivity contribution in [1.82, 2.24) is 10.9 Å². The summed E-state index contributed by atoms with van der Waals surface area (Å²) in [5.74, 6) is -0.596. The molecule has 2 aromatic carbocycles. The molecule has 0 bridgehead atoms. The molecule has 1 fully saturated rings. The third kappa shape index (κ3) is 3.79. The van der Waals surface area contributed by atoms with Gasteiger partial charge in [0.2, 0.25) is 5.91 Å². The normalized spacial score (nSPS) is 16.1. The van der Waals surface area contributed by atoms with E-state index in [1.807, 2.05) is 24.3 Å². The average molecular weight is 328 g/mol. The van der Waals surface area contributed by atoms with Crippen LogP contribution in [0.3, 0.4) is 0 Å². The smallest absolute Gasteiger partial charge is 0.233 e. The molecule has 24 heavy (non-hydrogen) atoms. The van der Waals surface area contributed by atoms with Crippen molar-refractivity contribution >= 4 is 11.6 Å². The highest BCUT2D eigenvalue weighted by molar-refractivity contribution is 5.96. The molecule has 0 spiro atoms. The molecule has 3 rings (SSSR count). The third-order valence-electron chi connectivity index (χ3n) is 4.30. The van der Waals surface area contributed by atoms with E-state index in [9.17, 15) is 9.18 Å².